The number of fused-ring (bicyclic) bond motifs is 2. The van der Waals surface area contributed by atoms with Gasteiger partial charge in [-0.3, -0.25) is 28.9 Å². The Morgan fingerprint density at radius 1 is 0.621 bits per heavy atom. The molecule has 2 aromatic carbocycles. The number of benzene rings is 2. The Kier molecular flexibility index (Phi) is 13.7. The van der Waals surface area contributed by atoms with Crippen LogP contribution in [-0.2, 0) is 4.79 Å². The van der Waals surface area contributed by atoms with E-state index >= 15 is 0 Å². The molecule has 3 amide bonds. The molecular formula is C39H34Cl3N11O5. The number of aromatic amines is 2. The summed E-state index contributed by atoms with van der Waals surface area (Å²) in [6.45, 7) is 4.75. The number of carbonyl (C=O) groups is 5. The van der Waals surface area contributed by atoms with Crippen LogP contribution in [0, 0.1) is 11.3 Å². The fourth-order valence-electron chi connectivity index (χ4n) is 6.25. The van der Waals surface area contributed by atoms with Crippen LogP contribution >= 0.6 is 34.8 Å². The Morgan fingerprint density at radius 3 is 1.52 bits per heavy atom. The van der Waals surface area contributed by atoms with Crippen molar-refractivity contribution in [1.82, 2.24) is 49.5 Å². The summed E-state index contributed by atoms with van der Waals surface area (Å²) in [5, 5.41) is 8.49. The SMILES string of the molecule is N#CCN1CCN(C(=O)c2ccccc2)CC1.O=C(C(=O)N1CCN(C(=O)c2ccccc2)CC1)c1c[nH]c2c(Cl)ncnc12.O=C(Cl)c1c[nH]c2c(Cl)ncnc12. The topological polar surface area (TPSA) is 205 Å². The Bertz CT molecular complexity index is 2480. The zero-order valence-corrected chi connectivity index (χ0v) is 32.9. The van der Waals surface area contributed by atoms with E-state index in [1.807, 2.05) is 53.4 Å². The third-order valence-corrected chi connectivity index (χ3v) is 10.1. The maximum atomic E-state index is 12.7. The summed E-state index contributed by atoms with van der Waals surface area (Å²) in [4.78, 5) is 89.0. The van der Waals surface area contributed by atoms with Crippen molar-refractivity contribution in [2.75, 3.05) is 58.9 Å². The lowest BCUT2D eigenvalue weighted by atomic mass is 10.1. The van der Waals surface area contributed by atoms with Gasteiger partial charge in [0.25, 0.3) is 28.7 Å². The number of nitrogens with one attached hydrogen (secondary N) is 2. The molecule has 16 nitrogen and oxygen atoms in total. The van der Waals surface area contributed by atoms with Crippen molar-refractivity contribution >= 4 is 85.6 Å². The second-order valence-electron chi connectivity index (χ2n) is 12.8. The molecule has 0 radical (unpaired) electrons. The molecule has 2 fully saturated rings. The van der Waals surface area contributed by atoms with Crippen LogP contribution in [0.2, 0.25) is 10.3 Å². The highest BCUT2D eigenvalue weighted by Gasteiger charge is 2.31. The molecule has 0 atom stereocenters. The maximum absolute atomic E-state index is 12.7. The van der Waals surface area contributed by atoms with Gasteiger partial charge in [0.05, 0.1) is 23.7 Å². The van der Waals surface area contributed by atoms with Crippen molar-refractivity contribution in [3.8, 4) is 6.07 Å². The predicted molar refractivity (Wildman–Crippen MR) is 216 cm³/mol. The summed E-state index contributed by atoms with van der Waals surface area (Å²) < 4.78 is 0. The van der Waals surface area contributed by atoms with Crippen LogP contribution in [0.5, 0.6) is 0 Å². The number of nitrogens with zero attached hydrogens (tertiary/aromatic N) is 9. The predicted octanol–water partition coefficient (Wildman–Crippen LogP) is 4.74. The molecule has 19 heteroatoms. The van der Waals surface area contributed by atoms with E-state index in [1.54, 1.807) is 17.0 Å². The highest BCUT2D eigenvalue weighted by Crippen LogP contribution is 2.23. The minimum atomic E-state index is -0.663. The van der Waals surface area contributed by atoms with Crippen molar-refractivity contribution in [3.05, 3.63) is 118 Å². The van der Waals surface area contributed by atoms with Crippen molar-refractivity contribution in [3.63, 3.8) is 0 Å². The molecule has 8 rings (SSSR count). The molecular weight excluding hydrogens is 809 g/mol. The number of H-pyrrole nitrogens is 2. The van der Waals surface area contributed by atoms with Crippen molar-refractivity contribution in [2.24, 2.45) is 0 Å². The highest BCUT2D eigenvalue weighted by atomic mass is 35.5. The molecule has 296 valence electrons. The smallest absolute Gasteiger partial charge is 0.295 e. The second kappa shape index (κ2) is 19.3. The van der Waals surface area contributed by atoms with Gasteiger partial charge in [0.1, 0.15) is 34.7 Å². The molecule has 0 spiro atoms. The third-order valence-electron chi connectivity index (χ3n) is 9.33. The number of hydrogen-bond donors (Lipinski definition) is 2. The number of ketones is 1. The van der Waals surface area contributed by atoms with Gasteiger partial charge >= 0.3 is 0 Å². The normalized spacial score (nSPS) is 14.1. The summed E-state index contributed by atoms with van der Waals surface area (Å²) in [5.74, 6) is -1.28. The van der Waals surface area contributed by atoms with Gasteiger partial charge in [-0.1, -0.05) is 59.6 Å². The average Bonchev–Trinajstić information content (AvgIpc) is 3.91. The molecule has 0 unspecified atom stereocenters. The summed E-state index contributed by atoms with van der Waals surface area (Å²) in [7, 11) is 0. The molecule has 0 aliphatic carbocycles. The Hall–Kier alpha value is -6.25. The Balaban J connectivity index is 0.000000161. The quantitative estimate of drug-likeness (QED) is 0.0771. The van der Waals surface area contributed by atoms with E-state index in [2.05, 4.69) is 40.9 Å². The first-order chi connectivity index (χ1) is 28.1. The first-order valence-electron chi connectivity index (χ1n) is 17.8. The standard InChI is InChI=1S/C19H16ClN5O3.C13H15N3O.C7H3Cl2N3O/c20-17-15-14(22-11-23-17)13(10-21-15)16(26)19(28)25-8-6-24(7-9-25)18(27)12-4-2-1-3-5-12;14-6-7-15-8-10-16(11-9-15)13(17)12-4-2-1-3-5-12;8-6-5-4(11-2-12-6)3(1-10-5)7(9)13/h1-5,10-11,21H,6-9H2;1-5H,7-11H2;1-2,10H. The first kappa shape index (κ1) is 41.4. The second-order valence-corrected chi connectivity index (χ2v) is 13.9. The van der Waals surface area contributed by atoms with Gasteiger partial charge < -0.3 is 24.7 Å². The molecule has 4 aromatic heterocycles. The van der Waals surface area contributed by atoms with Crippen LogP contribution < -0.4 is 0 Å². The van der Waals surface area contributed by atoms with Crippen molar-refractivity contribution in [1.29, 1.82) is 5.26 Å². The van der Waals surface area contributed by atoms with E-state index in [1.165, 1.54) is 29.9 Å². The average molecular weight is 843 g/mol. The monoisotopic (exact) mass is 841 g/mol. The molecule has 6 heterocycles. The number of Topliss-reactive ketones (excluding diaryl/α,β-unsaturated/α-hetero) is 1. The van der Waals surface area contributed by atoms with Gasteiger partial charge in [0, 0.05) is 75.9 Å². The van der Waals surface area contributed by atoms with Crippen molar-refractivity contribution in [2.45, 2.75) is 0 Å². The lowest BCUT2D eigenvalue weighted by molar-refractivity contribution is -0.127. The van der Waals surface area contributed by atoms with E-state index in [-0.39, 0.29) is 27.7 Å². The van der Waals surface area contributed by atoms with Gasteiger partial charge in [0.2, 0.25) is 0 Å². The van der Waals surface area contributed by atoms with Crippen LogP contribution in [-0.4, -0.2) is 137 Å². The highest BCUT2D eigenvalue weighted by molar-refractivity contribution is 6.68. The van der Waals surface area contributed by atoms with E-state index < -0.39 is 16.9 Å². The summed E-state index contributed by atoms with van der Waals surface area (Å²) in [5.41, 5.74) is 3.51. The molecule has 2 saturated heterocycles. The third kappa shape index (κ3) is 9.64. The first-order valence-corrected chi connectivity index (χ1v) is 19.0. The molecule has 58 heavy (non-hydrogen) atoms. The van der Waals surface area contributed by atoms with Crippen LogP contribution in [0.4, 0.5) is 0 Å². The van der Waals surface area contributed by atoms with Crippen molar-refractivity contribution < 1.29 is 24.0 Å². The zero-order chi connectivity index (χ0) is 41.2. The van der Waals surface area contributed by atoms with E-state index in [0.717, 1.165) is 18.7 Å². The van der Waals surface area contributed by atoms with Crippen LogP contribution in [0.1, 0.15) is 41.4 Å². The van der Waals surface area contributed by atoms with Crippen LogP contribution in [0.15, 0.2) is 85.7 Å². The summed E-state index contributed by atoms with van der Waals surface area (Å²) in [6.07, 6.45) is 5.40. The number of halogens is 3. The van der Waals surface area contributed by atoms with Gasteiger partial charge in [-0.15, -0.1) is 0 Å². The number of aromatic nitrogens is 6. The molecule has 2 aliphatic rings. The number of nitriles is 1. The summed E-state index contributed by atoms with van der Waals surface area (Å²) >= 11 is 17.0. The van der Waals surface area contributed by atoms with Gasteiger partial charge in [-0.05, 0) is 35.9 Å². The van der Waals surface area contributed by atoms with E-state index in [9.17, 15) is 24.0 Å². The fourth-order valence-corrected chi connectivity index (χ4v) is 6.77. The van der Waals surface area contributed by atoms with E-state index in [4.69, 9.17) is 40.1 Å². The van der Waals surface area contributed by atoms with Gasteiger partial charge in [-0.2, -0.15) is 5.26 Å². The largest absolute Gasteiger partial charge is 0.357 e. The lowest BCUT2D eigenvalue weighted by Crippen LogP contribution is -2.52. The number of amides is 3. The van der Waals surface area contributed by atoms with Gasteiger partial charge in [-0.25, -0.2) is 19.9 Å². The zero-order valence-electron chi connectivity index (χ0n) is 30.6. The summed E-state index contributed by atoms with van der Waals surface area (Å²) in [6, 6.07) is 20.4. The molecule has 0 saturated carbocycles. The number of carbonyl (C=O) groups excluding carboxylic acids is 5. The maximum Gasteiger partial charge on any atom is 0.295 e. The Morgan fingerprint density at radius 2 is 1.05 bits per heavy atom. The number of rotatable bonds is 6. The molecule has 2 N–H and O–H groups in total. The molecule has 6 aromatic rings. The minimum Gasteiger partial charge on any atom is -0.357 e. The fraction of sp³-hybridized carbons (Fsp3) is 0.231. The van der Waals surface area contributed by atoms with Crippen LogP contribution in [0.25, 0.3) is 22.1 Å². The number of piperazine rings is 2. The number of hydrogen-bond acceptors (Lipinski definition) is 11. The lowest BCUT2D eigenvalue weighted by Gasteiger charge is -2.34. The minimum absolute atomic E-state index is 0.0815. The molecule has 0 bridgehead atoms. The van der Waals surface area contributed by atoms with Gasteiger partial charge in [0.15, 0.2) is 10.3 Å². The Labute approximate surface area is 346 Å². The van der Waals surface area contributed by atoms with Crippen LogP contribution in [0.3, 0.4) is 0 Å². The molecule has 2 aliphatic heterocycles. The van der Waals surface area contributed by atoms with E-state index in [0.29, 0.717) is 79.0 Å².